The molecular formula is C48H45NO5. The first kappa shape index (κ1) is 33.1. The molecule has 10 rings (SSSR count). The largest absolute Gasteiger partial charge is 0.497 e. The summed E-state index contributed by atoms with van der Waals surface area (Å²) in [6, 6.07) is 30.4. The number of ether oxygens (including phenoxy) is 4. The van der Waals surface area contributed by atoms with E-state index in [9.17, 15) is 0 Å². The zero-order valence-electron chi connectivity index (χ0n) is 31.5. The molecule has 1 fully saturated rings. The van der Waals surface area contributed by atoms with Gasteiger partial charge in [0.25, 0.3) is 0 Å². The lowest BCUT2D eigenvalue weighted by Gasteiger charge is -2.41. The number of aryl methyl sites for hydroxylation is 1. The highest BCUT2D eigenvalue weighted by molar-refractivity contribution is 6.10. The van der Waals surface area contributed by atoms with Gasteiger partial charge in [-0.25, -0.2) is 0 Å². The zero-order valence-corrected chi connectivity index (χ0v) is 31.5. The third kappa shape index (κ3) is 4.62. The molecule has 2 aliphatic heterocycles. The molecule has 6 nitrogen and oxygen atoms in total. The lowest BCUT2D eigenvalue weighted by molar-refractivity contribution is 0.122. The lowest BCUT2D eigenvalue weighted by atomic mass is 9.70. The highest BCUT2D eigenvalue weighted by Crippen LogP contribution is 2.61. The third-order valence-electron chi connectivity index (χ3n) is 12.7. The summed E-state index contributed by atoms with van der Waals surface area (Å²) in [5.74, 6) is 3.58. The van der Waals surface area contributed by atoms with Gasteiger partial charge in [0, 0.05) is 52.4 Å². The minimum absolute atomic E-state index is 0.161. The molecule has 272 valence electrons. The molecule has 0 saturated carbocycles. The number of fused-ring (bicyclic) bond motifs is 11. The molecule has 1 saturated heterocycles. The SMILES string of the molecule is CCC1(CC)c2ccccc2-c2c1c1c(c3cc(OC)c(N4CCOCC4)cc23)OC(C2=Cc3c(oc4ccccc34)CC2)(c2ccc(OC)cc2)C=C1. The molecule has 0 spiro atoms. The molecule has 54 heavy (non-hydrogen) atoms. The maximum Gasteiger partial charge on any atom is 0.174 e. The Morgan fingerprint density at radius 2 is 1.56 bits per heavy atom. The first-order valence-corrected chi connectivity index (χ1v) is 19.4. The normalized spacial score (nSPS) is 19.5. The highest BCUT2D eigenvalue weighted by atomic mass is 16.5. The predicted octanol–water partition coefficient (Wildman–Crippen LogP) is 10.9. The third-order valence-corrected chi connectivity index (χ3v) is 12.7. The Hall–Kier alpha value is -5.46. The van der Waals surface area contributed by atoms with Crippen molar-refractivity contribution in [2.45, 2.75) is 50.5 Å². The number of methoxy groups -OCH3 is 2. The average molecular weight is 716 g/mol. The maximum absolute atomic E-state index is 7.81. The summed E-state index contributed by atoms with van der Waals surface area (Å²) in [6.07, 6.45) is 10.6. The summed E-state index contributed by atoms with van der Waals surface area (Å²) in [6.45, 7) is 7.71. The number of hydrogen-bond acceptors (Lipinski definition) is 6. The molecular weight excluding hydrogens is 671 g/mol. The molecule has 2 aliphatic carbocycles. The van der Waals surface area contributed by atoms with Gasteiger partial charge in [0.2, 0.25) is 0 Å². The molecule has 1 unspecified atom stereocenters. The monoisotopic (exact) mass is 715 g/mol. The van der Waals surface area contributed by atoms with Crippen molar-refractivity contribution in [2.24, 2.45) is 0 Å². The second-order valence-corrected chi connectivity index (χ2v) is 15.0. The van der Waals surface area contributed by atoms with E-state index >= 15 is 0 Å². The van der Waals surface area contributed by atoms with Crippen LogP contribution < -0.4 is 19.1 Å². The van der Waals surface area contributed by atoms with Crippen LogP contribution in [0.3, 0.4) is 0 Å². The van der Waals surface area contributed by atoms with E-state index in [0.717, 1.165) is 101 Å². The van der Waals surface area contributed by atoms with Gasteiger partial charge in [0.15, 0.2) is 5.60 Å². The van der Waals surface area contributed by atoms with Crippen molar-refractivity contribution in [3.63, 3.8) is 0 Å². The Morgan fingerprint density at radius 3 is 2.33 bits per heavy atom. The number of benzene rings is 5. The molecule has 1 aromatic heterocycles. The predicted molar refractivity (Wildman–Crippen MR) is 217 cm³/mol. The van der Waals surface area contributed by atoms with Crippen LogP contribution >= 0.6 is 0 Å². The molecule has 4 aliphatic rings. The van der Waals surface area contributed by atoms with Crippen molar-refractivity contribution >= 4 is 39.6 Å². The Balaban J connectivity index is 1.28. The first-order chi connectivity index (χ1) is 26.5. The van der Waals surface area contributed by atoms with E-state index in [0.29, 0.717) is 13.2 Å². The van der Waals surface area contributed by atoms with Gasteiger partial charge in [-0.05, 0) is 95.0 Å². The van der Waals surface area contributed by atoms with Crippen LogP contribution in [0, 0.1) is 0 Å². The van der Waals surface area contributed by atoms with Crippen LogP contribution in [0.25, 0.3) is 45.0 Å². The number of furan rings is 1. The van der Waals surface area contributed by atoms with Crippen LogP contribution in [0.1, 0.15) is 66.7 Å². The smallest absolute Gasteiger partial charge is 0.174 e. The van der Waals surface area contributed by atoms with E-state index < -0.39 is 5.60 Å². The van der Waals surface area contributed by atoms with Crippen LogP contribution in [0.2, 0.25) is 0 Å². The van der Waals surface area contributed by atoms with Gasteiger partial charge in [0.1, 0.15) is 28.6 Å². The summed E-state index contributed by atoms with van der Waals surface area (Å²) in [4.78, 5) is 2.41. The molecule has 0 radical (unpaired) electrons. The fraction of sp³-hybridized carbons (Fsp3) is 0.292. The second-order valence-electron chi connectivity index (χ2n) is 15.0. The van der Waals surface area contributed by atoms with E-state index in [1.807, 2.05) is 18.2 Å². The molecule has 5 aromatic carbocycles. The number of para-hydroxylation sites is 1. The van der Waals surface area contributed by atoms with E-state index in [2.05, 4.69) is 104 Å². The van der Waals surface area contributed by atoms with Crippen molar-refractivity contribution in [1.82, 2.24) is 0 Å². The second kappa shape index (κ2) is 12.6. The fourth-order valence-corrected chi connectivity index (χ4v) is 9.98. The Morgan fingerprint density at radius 1 is 0.778 bits per heavy atom. The van der Waals surface area contributed by atoms with Crippen molar-refractivity contribution in [2.75, 3.05) is 45.4 Å². The molecule has 0 bridgehead atoms. The number of nitrogens with zero attached hydrogens (tertiary/aromatic N) is 1. The number of hydrogen-bond donors (Lipinski definition) is 0. The maximum atomic E-state index is 7.81. The molecule has 0 amide bonds. The van der Waals surface area contributed by atoms with E-state index in [4.69, 9.17) is 23.4 Å². The molecule has 3 heterocycles. The lowest BCUT2D eigenvalue weighted by Crippen LogP contribution is -2.37. The highest BCUT2D eigenvalue weighted by Gasteiger charge is 2.48. The van der Waals surface area contributed by atoms with Gasteiger partial charge in [-0.2, -0.15) is 0 Å². The number of rotatable bonds is 7. The van der Waals surface area contributed by atoms with Crippen LogP contribution in [0.5, 0.6) is 17.2 Å². The number of morpholine rings is 1. The topological polar surface area (TPSA) is 53.3 Å². The summed E-state index contributed by atoms with van der Waals surface area (Å²) in [7, 11) is 3.49. The Bertz CT molecular complexity index is 2510. The molecule has 6 aromatic rings. The van der Waals surface area contributed by atoms with E-state index in [-0.39, 0.29) is 5.41 Å². The Labute approximate surface area is 316 Å². The van der Waals surface area contributed by atoms with Crippen molar-refractivity contribution in [3.05, 3.63) is 130 Å². The quantitative estimate of drug-likeness (QED) is 0.164. The minimum Gasteiger partial charge on any atom is -0.497 e. The van der Waals surface area contributed by atoms with Crippen molar-refractivity contribution < 1.29 is 23.4 Å². The van der Waals surface area contributed by atoms with Crippen molar-refractivity contribution in [1.29, 1.82) is 0 Å². The van der Waals surface area contributed by atoms with Crippen LogP contribution in [-0.2, 0) is 22.2 Å². The fourth-order valence-electron chi connectivity index (χ4n) is 9.98. The average Bonchev–Trinajstić information content (AvgIpc) is 3.77. The summed E-state index contributed by atoms with van der Waals surface area (Å²) in [5, 5.41) is 3.39. The van der Waals surface area contributed by atoms with E-state index in [1.165, 1.54) is 33.2 Å². The number of anilines is 1. The van der Waals surface area contributed by atoms with E-state index in [1.54, 1.807) is 14.2 Å². The van der Waals surface area contributed by atoms with Gasteiger partial charge >= 0.3 is 0 Å². The zero-order chi connectivity index (χ0) is 36.6. The van der Waals surface area contributed by atoms with Crippen molar-refractivity contribution in [3.8, 4) is 28.4 Å². The molecule has 0 N–H and O–H groups in total. The van der Waals surface area contributed by atoms with Gasteiger partial charge < -0.3 is 28.3 Å². The van der Waals surface area contributed by atoms with Gasteiger partial charge in [0.05, 0.1) is 33.1 Å². The van der Waals surface area contributed by atoms with Crippen LogP contribution in [0.4, 0.5) is 5.69 Å². The Kier molecular flexibility index (Phi) is 7.71. The summed E-state index contributed by atoms with van der Waals surface area (Å²) in [5.41, 5.74) is 10.9. The van der Waals surface area contributed by atoms with Crippen LogP contribution in [0.15, 0.2) is 101 Å². The van der Waals surface area contributed by atoms with Gasteiger partial charge in [-0.15, -0.1) is 0 Å². The van der Waals surface area contributed by atoms with Crippen LogP contribution in [-0.4, -0.2) is 40.5 Å². The first-order valence-electron chi connectivity index (χ1n) is 19.4. The van der Waals surface area contributed by atoms with Gasteiger partial charge in [-0.3, -0.25) is 0 Å². The molecule has 1 atom stereocenters. The van der Waals surface area contributed by atoms with Gasteiger partial charge in [-0.1, -0.05) is 74.5 Å². The summed E-state index contributed by atoms with van der Waals surface area (Å²) < 4.78 is 31.8. The standard InChI is InChI=1S/C48H45NO5/c1-5-47(6-2)39-13-9-7-12-34(39)44-37-28-40(49-23-25-52-26-24-49)43(51-4)29-38(37)46-35(45(44)47)21-22-48(54-46,30-15-18-32(50-3)19-16-30)31-17-20-42-36(27-31)33-11-8-10-14-41(33)53-42/h7-16,18-19,21-22,27-29H,5-6,17,20,23-26H2,1-4H3. The molecule has 6 heteroatoms. The minimum atomic E-state index is -0.876. The summed E-state index contributed by atoms with van der Waals surface area (Å²) >= 11 is 0.